The van der Waals surface area contributed by atoms with Gasteiger partial charge in [-0.25, -0.2) is 4.39 Å². The summed E-state index contributed by atoms with van der Waals surface area (Å²) in [6.07, 6.45) is 1.50. The van der Waals surface area contributed by atoms with Gasteiger partial charge in [0.05, 0.1) is 30.9 Å². The SMILES string of the molecule is O=C(CS)NC(c1ccc(N2CCOCC2)c(F)c1)c1cn[nH]n1. The van der Waals surface area contributed by atoms with Crippen LogP contribution in [-0.2, 0) is 9.53 Å². The molecule has 1 fully saturated rings. The maximum Gasteiger partial charge on any atom is 0.230 e. The van der Waals surface area contributed by atoms with E-state index in [1.54, 1.807) is 12.1 Å². The van der Waals surface area contributed by atoms with Gasteiger partial charge in [-0.2, -0.15) is 28.0 Å². The van der Waals surface area contributed by atoms with Crippen molar-refractivity contribution >= 4 is 24.2 Å². The second kappa shape index (κ2) is 7.63. The predicted octanol–water partition coefficient (Wildman–Crippen LogP) is 0.916. The number of hydrogen-bond acceptors (Lipinski definition) is 6. The quantitative estimate of drug-likeness (QED) is 0.698. The first-order valence-corrected chi connectivity index (χ1v) is 8.20. The zero-order valence-electron chi connectivity index (χ0n) is 12.9. The molecule has 1 unspecified atom stereocenters. The fourth-order valence-electron chi connectivity index (χ4n) is 2.65. The van der Waals surface area contributed by atoms with Crippen molar-refractivity contribution in [2.24, 2.45) is 0 Å². The van der Waals surface area contributed by atoms with Crippen LogP contribution in [0, 0.1) is 5.82 Å². The maximum atomic E-state index is 14.6. The van der Waals surface area contributed by atoms with E-state index in [1.165, 1.54) is 12.3 Å². The minimum absolute atomic E-state index is 0.0305. The molecule has 0 saturated carbocycles. The second-order valence-electron chi connectivity index (χ2n) is 5.36. The van der Waals surface area contributed by atoms with Crippen LogP contribution in [0.4, 0.5) is 10.1 Å². The average molecular weight is 351 g/mol. The first kappa shape index (κ1) is 16.7. The largest absolute Gasteiger partial charge is 0.378 e. The van der Waals surface area contributed by atoms with Crippen LogP contribution in [0.1, 0.15) is 17.3 Å². The van der Waals surface area contributed by atoms with Crippen molar-refractivity contribution in [2.75, 3.05) is 37.0 Å². The highest BCUT2D eigenvalue weighted by molar-refractivity contribution is 7.81. The summed E-state index contributed by atoms with van der Waals surface area (Å²) < 4.78 is 19.9. The molecule has 7 nitrogen and oxygen atoms in total. The first-order chi connectivity index (χ1) is 11.7. The number of halogens is 1. The summed E-state index contributed by atoms with van der Waals surface area (Å²) in [6, 6.07) is 4.34. The van der Waals surface area contributed by atoms with Crippen molar-refractivity contribution in [3.8, 4) is 0 Å². The van der Waals surface area contributed by atoms with Gasteiger partial charge < -0.3 is 15.0 Å². The van der Waals surface area contributed by atoms with Crippen molar-refractivity contribution in [2.45, 2.75) is 6.04 Å². The van der Waals surface area contributed by atoms with Crippen LogP contribution in [-0.4, -0.2) is 53.4 Å². The molecule has 2 N–H and O–H groups in total. The molecule has 1 aliphatic heterocycles. The Kier molecular flexibility index (Phi) is 5.31. The van der Waals surface area contributed by atoms with Gasteiger partial charge in [0, 0.05) is 13.1 Å². The molecule has 3 rings (SSSR count). The summed E-state index contributed by atoms with van der Waals surface area (Å²) in [5.41, 5.74) is 1.62. The topological polar surface area (TPSA) is 83.1 Å². The number of nitrogens with zero attached hydrogens (tertiary/aromatic N) is 3. The molecular formula is C15H18FN5O2S. The van der Waals surface area contributed by atoms with Crippen LogP contribution in [0.5, 0.6) is 0 Å². The highest BCUT2D eigenvalue weighted by Crippen LogP contribution is 2.26. The molecule has 128 valence electrons. The van der Waals surface area contributed by atoms with Gasteiger partial charge in [0.15, 0.2) is 0 Å². The predicted molar refractivity (Wildman–Crippen MR) is 89.7 cm³/mol. The number of aromatic amines is 1. The van der Waals surface area contributed by atoms with E-state index in [9.17, 15) is 9.18 Å². The van der Waals surface area contributed by atoms with E-state index in [-0.39, 0.29) is 17.5 Å². The van der Waals surface area contributed by atoms with Crippen LogP contribution in [0.2, 0.25) is 0 Å². The van der Waals surface area contributed by atoms with Gasteiger partial charge in [-0.05, 0) is 17.7 Å². The van der Waals surface area contributed by atoms with Gasteiger partial charge in [-0.3, -0.25) is 4.79 Å². The summed E-state index contributed by atoms with van der Waals surface area (Å²) in [4.78, 5) is 13.7. The number of thiol groups is 1. The Morgan fingerprint density at radius 2 is 2.25 bits per heavy atom. The molecule has 0 aliphatic carbocycles. The van der Waals surface area contributed by atoms with Crippen LogP contribution < -0.4 is 10.2 Å². The first-order valence-electron chi connectivity index (χ1n) is 7.57. The summed E-state index contributed by atoms with van der Waals surface area (Å²) in [6.45, 7) is 2.47. The van der Waals surface area contributed by atoms with Crippen molar-refractivity contribution in [1.29, 1.82) is 0 Å². The Morgan fingerprint density at radius 1 is 1.46 bits per heavy atom. The Labute approximate surface area is 144 Å². The fraction of sp³-hybridized carbons (Fsp3) is 0.400. The van der Waals surface area contributed by atoms with Gasteiger partial charge in [0.25, 0.3) is 0 Å². The van der Waals surface area contributed by atoms with E-state index in [0.717, 1.165) is 0 Å². The molecule has 0 spiro atoms. The van der Waals surface area contributed by atoms with Crippen LogP contribution in [0.25, 0.3) is 0 Å². The average Bonchev–Trinajstić information content (AvgIpc) is 3.14. The molecule has 9 heteroatoms. The summed E-state index contributed by atoms with van der Waals surface area (Å²) in [7, 11) is 0. The molecule has 0 radical (unpaired) electrons. The normalized spacial score (nSPS) is 16.0. The maximum absolute atomic E-state index is 14.6. The van der Waals surface area contributed by atoms with E-state index in [2.05, 4.69) is 33.4 Å². The lowest BCUT2D eigenvalue weighted by molar-refractivity contribution is -0.119. The zero-order valence-corrected chi connectivity index (χ0v) is 13.8. The Hall–Kier alpha value is -2.13. The minimum atomic E-state index is -0.586. The van der Waals surface area contributed by atoms with Gasteiger partial charge in [0.2, 0.25) is 5.91 Å². The molecule has 2 heterocycles. The lowest BCUT2D eigenvalue weighted by Crippen LogP contribution is -2.37. The number of H-pyrrole nitrogens is 1. The molecule has 1 aliphatic rings. The lowest BCUT2D eigenvalue weighted by atomic mass is 10.0. The molecule has 24 heavy (non-hydrogen) atoms. The number of amides is 1. The van der Waals surface area contributed by atoms with Gasteiger partial charge >= 0.3 is 0 Å². The van der Waals surface area contributed by atoms with Crippen LogP contribution in [0.15, 0.2) is 24.4 Å². The van der Waals surface area contributed by atoms with E-state index in [4.69, 9.17) is 4.74 Å². The van der Waals surface area contributed by atoms with Crippen molar-refractivity contribution in [3.05, 3.63) is 41.5 Å². The van der Waals surface area contributed by atoms with Crippen LogP contribution >= 0.6 is 12.6 Å². The van der Waals surface area contributed by atoms with Crippen molar-refractivity contribution in [3.63, 3.8) is 0 Å². The third-order valence-corrected chi connectivity index (χ3v) is 4.12. The molecule has 1 aromatic carbocycles. The number of nitrogens with one attached hydrogen (secondary N) is 2. The van der Waals surface area contributed by atoms with Gasteiger partial charge in [0.1, 0.15) is 17.6 Å². The van der Waals surface area contributed by atoms with Crippen molar-refractivity contribution < 1.29 is 13.9 Å². The number of carbonyl (C=O) groups excluding carboxylic acids is 1. The van der Waals surface area contributed by atoms with E-state index in [1.807, 2.05) is 4.90 Å². The fourth-order valence-corrected chi connectivity index (χ4v) is 2.74. The van der Waals surface area contributed by atoms with Crippen molar-refractivity contribution in [1.82, 2.24) is 20.7 Å². The minimum Gasteiger partial charge on any atom is -0.378 e. The molecule has 0 bridgehead atoms. The standard InChI is InChI=1S/C15H18FN5O2S/c16-11-7-10(1-2-13(11)21-3-5-23-6-4-21)15(18-14(22)9-24)12-8-17-20-19-12/h1-2,7-8,15,24H,3-6,9H2,(H,18,22)(H,17,19,20). The number of carbonyl (C=O) groups is 1. The summed E-state index contributed by atoms with van der Waals surface area (Å²) in [5.74, 6) is -0.588. The Bertz CT molecular complexity index is 691. The highest BCUT2D eigenvalue weighted by Gasteiger charge is 2.22. The molecule has 1 saturated heterocycles. The second-order valence-corrected chi connectivity index (χ2v) is 5.68. The molecule has 2 aromatic rings. The number of morpholine rings is 1. The monoisotopic (exact) mass is 351 g/mol. The third-order valence-electron chi connectivity index (χ3n) is 3.84. The molecule has 1 aromatic heterocycles. The molecule has 1 amide bonds. The van der Waals surface area contributed by atoms with Gasteiger partial charge in [-0.1, -0.05) is 6.07 Å². The molecular weight excluding hydrogens is 333 g/mol. The summed E-state index contributed by atoms with van der Waals surface area (Å²) in [5, 5.41) is 13.0. The van der Waals surface area contributed by atoms with E-state index in [0.29, 0.717) is 43.2 Å². The van der Waals surface area contributed by atoms with Crippen LogP contribution in [0.3, 0.4) is 0 Å². The smallest absolute Gasteiger partial charge is 0.230 e. The van der Waals surface area contributed by atoms with Gasteiger partial charge in [-0.15, -0.1) is 0 Å². The Balaban J connectivity index is 1.87. The number of benzene rings is 1. The number of rotatable bonds is 5. The number of hydrogen-bond donors (Lipinski definition) is 3. The zero-order chi connectivity index (χ0) is 16.9. The number of anilines is 1. The lowest BCUT2D eigenvalue weighted by Gasteiger charge is -2.29. The third kappa shape index (κ3) is 3.68. The van der Waals surface area contributed by atoms with E-state index >= 15 is 0 Å². The Morgan fingerprint density at radius 3 is 2.88 bits per heavy atom. The number of aromatic nitrogens is 3. The number of ether oxygens (including phenoxy) is 1. The summed E-state index contributed by atoms with van der Waals surface area (Å²) >= 11 is 3.96. The van der Waals surface area contributed by atoms with E-state index < -0.39 is 6.04 Å². The highest BCUT2D eigenvalue weighted by atomic mass is 32.1. The molecule has 1 atom stereocenters.